The average molecular weight is 184 g/mol. The molecule has 2 aliphatic rings. The van der Waals surface area contributed by atoms with Crippen molar-refractivity contribution in [3.8, 4) is 0 Å². The predicted molar refractivity (Wildman–Crippen MR) is 51.5 cm³/mol. The Kier molecular flexibility index (Phi) is 2.61. The van der Waals surface area contributed by atoms with Gasteiger partial charge in [-0.1, -0.05) is 12.8 Å². The first-order chi connectivity index (χ1) is 6.29. The Morgan fingerprint density at radius 2 is 2.00 bits per heavy atom. The molecule has 1 spiro atoms. The van der Waals surface area contributed by atoms with Gasteiger partial charge in [-0.3, -0.25) is 0 Å². The van der Waals surface area contributed by atoms with E-state index in [0.29, 0.717) is 5.92 Å². The van der Waals surface area contributed by atoms with E-state index in [4.69, 9.17) is 4.74 Å². The molecule has 2 nitrogen and oxygen atoms in total. The zero-order valence-electron chi connectivity index (χ0n) is 8.46. The molecular formula is C11H20O2. The lowest BCUT2D eigenvalue weighted by Crippen LogP contribution is -2.35. The topological polar surface area (TPSA) is 29.5 Å². The van der Waals surface area contributed by atoms with Crippen LogP contribution >= 0.6 is 0 Å². The molecule has 3 atom stereocenters. The number of rotatable bonds is 2. The van der Waals surface area contributed by atoms with E-state index in [1.807, 2.05) is 0 Å². The van der Waals surface area contributed by atoms with E-state index in [0.717, 1.165) is 13.0 Å². The molecule has 0 saturated heterocycles. The summed E-state index contributed by atoms with van der Waals surface area (Å²) in [5, 5.41) is 10.0. The number of hydrogen-bond donors (Lipinski definition) is 1. The van der Waals surface area contributed by atoms with Crippen LogP contribution in [0.25, 0.3) is 0 Å². The second-order valence-electron chi connectivity index (χ2n) is 4.69. The van der Waals surface area contributed by atoms with E-state index in [1.165, 1.54) is 32.1 Å². The number of ether oxygens (including phenoxy) is 1. The van der Waals surface area contributed by atoms with Crippen LogP contribution in [0.2, 0.25) is 0 Å². The Hall–Kier alpha value is -0.0800. The Bertz CT molecular complexity index is 177. The summed E-state index contributed by atoms with van der Waals surface area (Å²) in [5.74, 6) is 0.620. The van der Waals surface area contributed by atoms with Gasteiger partial charge >= 0.3 is 0 Å². The lowest BCUT2D eigenvalue weighted by Gasteiger charge is -2.34. The van der Waals surface area contributed by atoms with Crippen molar-refractivity contribution in [2.24, 2.45) is 11.3 Å². The van der Waals surface area contributed by atoms with Crippen LogP contribution in [0.1, 0.15) is 38.5 Å². The van der Waals surface area contributed by atoms with Gasteiger partial charge in [0.05, 0.1) is 6.10 Å². The summed E-state index contributed by atoms with van der Waals surface area (Å²) >= 11 is 0. The molecule has 2 rings (SSSR count). The molecule has 13 heavy (non-hydrogen) atoms. The van der Waals surface area contributed by atoms with Gasteiger partial charge in [0.25, 0.3) is 0 Å². The molecule has 0 heterocycles. The number of aliphatic hydroxyl groups excluding tert-OH is 1. The Morgan fingerprint density at radius 3 is 2.62 bits per heavy atom. The van der Waals surface area contributed by atoms with Crippen LogP contribution in [0.3, 0.4) is 0 Å². The van der Waals surface area contributed by atoms with Crippen LogP contribution in [0.5, 0.6) is 0 Å². The highest BCUT2D eigenvalue weighted by Crippen LogP contribution is 2.54. The van der Waals surface area contributed by atoms with E-state index in [-0.39, 0.29) is 11.5 Å². The third-order valence-corrected chi connectivity index (χ3v) is 4.16. The zero-order valence-corrected chi connectivity index (χ0v) is 8.46. The summed E-state index contributed by atoms with van der Waals surface area (Å²) < 4.78 is 5.25. The number of hydrogen-bond acceptors (Lipinski definition) is 2. The summed E-state index contributed by atoms with van der Waals surface area (Å²) in [5.41, 5.74) is 0.246. The molecule has 0 aromatic rings. The van der Waals surface area contributed by atoms with E-state index in [2.05, 4.69) is 0 Å². The van der Waals surface area contributed by atoms with Crippen LogP contribution in [-0.4, -0.2) is 24.9 Å². The van der Waals surface area contributed by atoms with Crippen LogP contribution in [0.4, 0.5) is 0 Å². The van der Waals surface area contributed by atoms with Crippen molar-refractivity contribution in [1.29, 1.82) is 0 Å². The Morgan fingerprint density at radius 1 is 1.31 bits per heavy atom. The number of methoxy groups -OCH3 is 1. The summed E-state index contributed by atoms with van der Waals surface area (Å²) in [4.78, 5) is 0. The van der Waals surface area contributed by atoms with Crippen LogP contribution in [0.15, 0.2) is 0 Å². The normalized spacial score (nSPS) is 44.8. The first kappa shape index (κ1) is 9.47. The third kappa shape index (κ3) is 1.40. The molecule has 0 radical (unpaired) electrons. The van der Waals surface area contributed by atoms with E-state index in [1.54, 1.807) is 7.11 Å². The molecule has 0 amide bonds. The van der Waals surface area contributed by atoms with Crippen molar-refractivity contribution in [3.05, 3.63) is 0 Å². The fourth-order valence-corrected chi connectivity index (χ4v) is 3.47. The van der Waals surface area contributed by atoms with E-state index >= 15 is 0 Å². The maximum absolute atomic E-state index is 10.0. The van der Waals surface area contributed by atoms with Gasteiger partial charge in [-0.25, -0.2) is 0 Å². The minimum atomic E-state index is -0.0462. The molecule has 0 bridgehead atoms. The minimum Gasteiger partial charge on any atom is -0.393 e. The molecule has 1 N–H and O–H groups in total. The maximum atomic E-state index is 10.0. The fraction of sp³-hybridized carbons (Fsp3) is 1.00. The lowest BCUT2D eigenvalue weighted by molar-refractivity contribution is -0.00617. The maximum Gasteiger partial charge on any atom is 0.0599 e. The third-order valence-electron chi connectivity index (χ3n) is 4.16. The van der Waals surface area contributed by atoms with Gasteiger partial charge in [-0.05, 0) is 31.6 Å². The summed E-state index contributed by atoms with van der Waals surface area (Å²) in [6, 6.07) is 0. The zero-order chi connectivity index (χ0) is 9.31. The minimum absolute atomic E-state index is 0.0462. The lowest BCUT2D eigenvalue weighted by atomic mass is 9.75. The van der Waals surface area contributed by atoms with Gasteiger partial charge in [-0.15, -0.1) is 0 Å². The molecule has 0 aromatic carbocycles. The predicted octanol–water partition coefficient (Wildman–Crippen LogP) is 1.96. The molecule has 0 unspecified atom stereocenters. The van der Waals surface area contributed by atoms with Crippen molar-refractivity contribution < 1.29 is 9.84 Å². The molecule has 0 aromatic heterocycles. The first-order valence-electron chi connectivity index (χ1n) is 5.46. The fourth-order valence-electron chi connectivity index (χ4n) is 3.47. The van der Waals surface area contributed by atoms with Crippen molar-refractivity contribution in [1.82, 2.24) is 0 Å². The molecule has 76 valence electrons. The average Bonchev–Trinajstić information content (AvgIpc) is 2.65. The standard InChI is InChI=1S/C11H20O2/c1-13-8-9-4-2-6-11(9)7-3-5-10(11)12/h9-10,12H,2-8H2,1H3/t9-,10+,11+/m0/s1. The first-order valence-corrected chi connectivity index (χ1v) is 5.46. The van der Waals surface area contributed by atoms with Crippen LogP contribution in [-0.2, 0) is 4.74 Å². The van der Waals surface area contributed by atoms with Crippen molar-refractivity contribution in [3.63, 3.8) is 0 Å². The molecule has 2 heteroatoms. The quantitative estimate of drug-likeness (QED) is 0.711. The molecule has 0 aliphatic heterocycles. The van der Waals surface area contributed by atoms with Gasteiger partial charge in [-0.2, -0.15) is 0 Å². The molecular weight excluding hydrogens is 164 g/mol. The summed E-state index contributed by atoms with van der Waals surface area (Å²) in [7, 11) is 1.77. The van der Waals surface area contributed by atoms with Gasteiger partial charge in [0, 0.05) is 19.1 Å². The highest BCUT2D eigenvalue weighted by atomic mass is 16.5. The van der Waals surface area contributed by atoms with Crippen molar-refractivity contribution >= 4 is 0 Å². The molecule has 2 aliphatic carbocycles. The summed E-state index contributed by atoms with van der Waals surface area (Å²) in [6.45, 7) is 0.844. The van der Waals surface area contributed by atoms with E-state index in [9.17, 15) is 5.11 Å². The Balaban J connectivity index is 2.10. The van der Waals surface area contributed by atoms with Gasteiger partial charge in [0.15, 0.2) is 0 Å². The van der Waals surface area contributed by atoms with Gasteiger partial charge in [0.2, 0.25) is 0 Å². The Labute approximate surface area is 80.3 Å². The summed E-state index contributed by atoms with van der Waals surface area (Å²) in [6.07, 6.45) is 7.16. The van der Waals surface area contributed by atoms with Crippen molar-refractivity contribution in [2.75, 3.05) is 13.7 Å². The number of aliphatic hydroxyl groups is 1. The van der Waals surface area contributed by atoms with Gasteiger partial charge in [0.1, 0.15) is 0 Å². The van der Waals surface area contributed by atoms with Crippen LogP contribution in [0, 0.1) is 11.3 Å². The highest BCUT2D eigenvalue weighted by Gasteiger charge is 2.50. The monoisotopic (exact) mass is 184 g/mol. The smallest absolute Gasteiger partial charge is 0.0599 e. The molecule has 2 fully saturated rings. The van der Waals surface area contributed by atoms with Crippen LogP contribution < -0.4 is 0 Å². The largest absolute Gasteiger partial charge is 0.393 e. The second kappa shape index (κ2) is 3.58. The van der Waals surface area contributed by atoms with E-state index < -0.39 is 0 Å². The van der Waals surface area contributed by atoms with Crippen molar-refractivity contribution in [2.45, 2.75) is 44.6 Å². The highest BCUT2D eigenvalue weighted by molar-refractivity contribution is 5.00. The van der Waals surface area contributed by atoms with Gasteiger partial charge < -0.3 is 9.84 Å². The second-order valence-corrected chi connectivity index (χ2v) is 4.69. The SMILES string of the molecule is COC[C@@H]1CCC[C@@]12CCC[C@H]2O. The molecule has 2 saturated carbocycles.